The van der Waals surface area contributed by atoms with E-state index in [-0.39, 0.29) is 6.04 Å². The number of hydrogen-bond donors (Lipinski definition) is 0. The first-order valence-electron chi connectivity index (χ1n) is 2.93. The second-order valence-electron chi connectivity index (χ2n) is 1.95. The number of rotatable bonds is 0. The van der Waals surface area contributed by atoms with Crippen molar-refractivity contribution in [1.82, 2.24) is 0 Å². The van der Waals surface area contributed by atoms with E-state index in [1.54, 1.807) is 7.11 Å². The Morgan fingerprint density at radius 2 is 2.67 bits per heavy atom. The maximum Gasteiger partial charge on any atom is 0.184 e. The smallest absolute Gasteiger partial charge is 0.184 e. The van der Waals surface area contributed by atoms with Crippen molar-refractivity contribution >= 4 is 5.90 Å². The molecule has 0 aromatic carbocycles. The maximum atomic E-state index is 5.14. The molecule has 1 atom stereocenters. The van der Waals surface area contributed by atoms with Gasteiger partial charge in [-0.3, -0.25) is 0 Å². The molecule has 0 fully saturated rings. The molecule has 0 aromatic rings. The van der Waals surface area contributed by atoms with E-state index < -0.39 is 0 Å². The molecule has 0 aromatic heterocycles. The first kappa shape index (κ1) is 6.15. The van der Waals surface area contributed by atoms with E-state index in [1.165, 1.54) is 0 Å². The number of hydrogen-bond acceptors (Lipinski definition) is 2. The number of aliphatic imine (C=N–C) groups is 1. The number of terminal acetylenes is 1. The van der Waals surface area contributed by atoms with Crippen LogP contribution in [0.15, 0.2) is 4.99 Å². The first-order chi connectivity index (χ1) is 4.36. The molecule has 0 unspecified atom stereocenters. The molecule has 0 saturated heterocycles. The van der Waals surface area contributed by atoms with Crippen molar-refractivity contribution in [3.63, 3.8) is 0 Å². The summed E-state index contributed by atoms with van der Waals surface area (Å²) in [6.45, 7) is 0. The Kier molecular flexibility index (Phi) is 1.74. The summed E-state index contributed by atoms with van der Waals surface area (Å²) in [5, 5.41) is 0. The molecule has 1 aliphatic rings. The summed E-state index contributed by atoms with van der Waals surface area (Å²) < 4.78 is 4.90. The second-order valence-corrected chi connectivity index (χ2v) is 1.95. The van der Waals surface area contributed by atoms with E-state index in [1.807, 2.05) is 0 Å². The van der Waals surface area contributed by atoms with Crippen LogP contribution in [0.1, 0.15) is 12.8 Å². The van der Waals surface area contributed by atoms with Gasteiger partial charge in [0.05, 0.1) is 7.11 Å². The van der Waals surface area contributed by atoms with Gasteiger partial charge in [-0.15, -0.1) is 6.42 Å². The molecule has 0 spiro atoms. The van der Waals surface area contributed by atoms with E-state index in [9.17, 15) is 0 Å². The van der Waals surface area contributed by atoms with Crippen LogP contribution in [-0.2, 0) is 4.74 Å². The van der Waals surface area contributed by atoms with E-state index in [4.69, 9.17) is 11.2 Å². The largest absolute Gasteiger partial charge is 0.484 e. The normalized spacial score (nSPS) is 24.9. The van der Waals surface area contributed by atoms with Gasteiger partial charge in [0, 0.05) is 6.42 Å². The van der Waals surface area contributed by atoms with Gasteiger partial charge < -0.3 is 4.74 Å². The predicted molar refractivity (Wildman–Crippen MR) is 36.3 cm³/mol. The van der Waals surface area contributed by atoms with Crippen LogP contribution in [0.2, 0.25) is 0 Å². The molecule has 0 saturated carbocycles. The molecule has 48 valence electrons. The number of nitrogens with zero attached hydrogens (tertiary/aromatic N) is 1. The zero-order valence-corrected chi connectivity index (χ0v) is 5.42. The summed E-state index contributed by atoms with van der Waals surface area (Å²) >= 11 is 0. The fraction of sp³-hybridized carbons (Fsp3) is 0.571. The zero-order valence-electron chi connectivity index (χ0n) is 5.42. The molecular weight excluding hydrogens is 114 g/mol. The molecule has 1 heterocycles. The zero-order chi connectivity index (χ0) is 6.69. The van der Waals surface area contributed by atoms with Crippen LogP contribution in [-0.4, -0.2) is 19.0 Å². The quantitative estimate of drug-likeness (QED) is 0.437. The van der Waals surface area contributed by atoms with Crippen molar-refractivity contribution in [3.8, 4) is 12.3 Å². The third-order valence-electron chi connectivity index (χ3n) is 1.36. The fourth-order valence-electron chi connectivity index (χ4n) is 0.838. The highest BCUT2D eigenvalue weighted by molar-refractivity contribution is 5.78. The lowest BCUT2D eigenvalue weighted by Crippen LogP contribution is -1.93. The van der Waals surface area contributed by atoms with Crippen LogP contribution in [0.3, 0.4) is 0 Å². The minimum Gasteiger partial charge on any atom is -0.484 e. The minimum absolute atomic E-state index is 0.0694. The van der Waals surface area contributed by atoms with Gasteiger partial charge in [0.15, 0.2) is 5.90 Å². The molecule has 0 aliphatic carbocycles. The van der Waals surface area contributed by atoms with Crippen molar-refractivity contribution in [3.05, 3.63) is 0 Å². The summed E-state index contributed by atoms with van der Waals surface area (Å²) in [5.41, 5.74) is 0. The van der Waals surface area contributed by atoms with Crippen LogP contribution in [0.5, 0.6) is 0 Å². The molecule has 0 radical (unpaired) electrons. The average Bonchev–Trinajstić information content (AvgIpc) is 2.34. The Morgan fingerprint density at radius 1 is 1.89 bits per heavy atom. The summed E-state index contributed by atoms with van der Waals surface area (Å²) in [5.74, 6) is 3.35. The van der Waals surface area contributed by atoms with Gasteiger partial charge in [-0.1, -0.05) is 5.92 Å². The highest BCUT2D eigenvalue weighted by Gasteiger charge is 2.14. The minimum atomic E-state index is 0.0694. The molecule has 1 rings (SSSR count). The third-order valence-corrected chi connectivity index (χ3v) is 1.36. The van der Waals surface area contributed by atoms with Crippen LogP contribution in [0, 0.1) is 12.3 Å². The van der Waals surface area contributed by atoms with Gasteiger partial charge in [-0.05, 0) is 6.42 Å². The highest BCUT2D eigenvalue weighted by atomic mass is 16.5. The Hall–Kier alpha value is -0.970. The molecular formula is C7H9NO. The van der Waals surface area contributed by atoms with Gasteiger partial charge >= 0.3 is 0 Å². The highest BCUT2D eigenvalue weighted by Crippen LogP contribution is 2.11. The molecule has 1 aliphatic heterocycles. The predicted octanol–water partition coefficient (Wildman–Crippen LogP) is 0.827. The summed E-state index contributed by atoms with van der Waals surface area (Å²) in [6.07, 6.45) is 6.98. The maximum absolute atomic E-state index is 5.14. The lowest BCUT2D eigenvalue weighted by Gasteiger charge is -1.92. The Labute approximate surface area is 54.9 Å². The fourth-order valence-corrected chi connectivity index (χ4v) is 0.838. The van der Waals surface area contributed by atoms with Crippen molar-refractivity contribution < 1.29 is 4.74 Å². The summed E-state index contributed by atoms with van der Waals surface area (Å²) in [7, 11) is 1.62. The molecule has 0 bridgehead atoms. The standard InChI is InChI=1S/C7H9NO/c1-3-6-4-5-7(8-6)9-2/h1,6H,4-5H2,2H3/t6-/m1/s1. The van der Waals surface area contributed by atoms with Crippen molar-refractivity contribution in [1.29, 1.82) is 0 Å². The van der Waals surface area contributed by atoms with Crippen LogP contribution in [0.4, 0.5) is 0 Å². The lowest BCUT2D eigenvalue weighted by atomic mass is 10.2. The van der Waals surface area contributed by atoms with Crippen LogP contribution < -0.4 is 0 Å². The molecule has 0 N–H and O–H groups in total. The number of ether oxygens (including phenoxy) is 1. The van der Waals surface area contributed by atoms with E-state index in [0.717, 1.165) is 18.7 Å². The van der Waals surface area contributed by atoms with Gasteiger partial charge in [-0.25, -0.2) is 4.99 Å². The Balaban J connectivity index is 2.52. The molecule has 0 amide bonds. The summed E-state index contributed by atoms with van der Waals surface area (Å²) in [6, 6.07) is 0.0694. The number of methoxy groups -OCH3 is 1. The van der Waals surface area contributed by atoms with E-state index in [0.29, 0.717) is 0 Å². The van der Waals surface area contributed by atoms with E-state index >= 15 is 0 Å². The van der Waals surface area contributed by atoms with Gasteiger partial charge in [0.1, 0.15) is 6.04 Å². The summed E-state index contributed by atoms with van der Waals surface area (Å²) in [4.78, 5) is 4.08. The van der Waals surface area contributed by atoms with Crippen molar-refractivity contribution in [2.45, 2.75) is 18.9 Å². The molecule has 2 nitrogen and oxygen atoms in total. The van der Waals surface area contributed by atoms with Crippen LogP contribution >= 0.6 is 0 Å². The second kappa shape index (κ2) is 2.54. The molecule has 2 heteroatoms. The SMILES string of the molecule is C#C[C@@H]1CCC(OC)=N1. The van der Waals surface area contributed by atoms with Gasteiger partial charge in [0.2, 0.25) is 0 Å². The topological polar surface area (TPSA) is 21.6 Å². The van der Waals surface area contributed by atoms with E-state index in [2.05, 4.69) is 10.9 Å². The Morgan fingerprint density at radius 3 is 3.00 bits per heavy atom. The third kappa shape index (κ3) is 1.23. The monoisotopic (exact) mass is 123 g/mol. The lowest BCUT2D eigenvalue weighted by molar-refractivity contribution is 0.395. The van der Waals surface area contributed by atoms with Crippen LogP contribution in [0.25, 0.3) is 0 Å². The van der Waals surface area contributed by atoms with Gasteiger partial charge in [-0.2, -0.15) is 0 Å². The van der Waals surface area contributed by atoms with Gasteiger partial charge in [0.25, 0.3) is 0 Å². The molecule has 9 heavy (non-hydrogen) atoms. The van der Waals surface area contributed by atoms with Crippen molar-refractivity contribution in [2.75, 3.05) is 7.11 Å². The average molecular weight is 123 g/mol. The van der Waals surface area contributed by atoms with Crippen molar-refractivity contribution in [2.24, 2.45) is 4.99 Å². The first-order valence-corrected chi connectivity index (χ1v) is 2.93. The Bertz CT molecular complexity index is 166.